The molecule has 5 unspecified atom stereocenters. The third-order valence-corrected chi connectivity index (χ3v) is 13.5. The Kier molecular flexibility index (Phi) is 9.04. The molecule has 0 aromatic carbocycles. The first-order valence-electron chi connectivity index (χ1n) is 15.3. The van der Waals surface area contributed by atoms with Crippen LogP contribution in [-0.2, 0) is 14.8 Å². The van der Waals surface area contributed by atoms with Gasteiger partial charge in [-0.1, -0.05) is 26.2 Å². The van der Waals surface area contributed by atoms with Crippen molar-refractivity contribution in [3.63, 3.8) is 0 Å². The summed E-state index contributed by atoms with van der Waals surface area (Å²) in [4.78, 5) is 2.61. The maximum atomic E-state index is 13.9. The molecule has 2 heterocycles. The first-order chi connectivity index (χ1) is 17.4. The van der Waals surface area contributed by atoms with E-state index in [4.69, 9.17) is 4.74 Å². The first kappa shape index (κ1) is 27.4. The number of sulfonamides is 1. The number of methoxy groups -OCH3 is 1. The van der Waals surface area contributed by atoms with Gasteiger partial charge in [0.1, 0.15) is 0 Å². The molecule has 0 spiro atoms. The number of rotatable bonds is 6. The van der Waals surface area contributed by atoms with Crippen molar-refractivity contribution in [2.24, 2.45) is 29.6 Å². The molecule has 2 saturated heterocycles. The van der Waals surface area contributed by atoms with Gasteiger partial charge in [-0.25, -0.2) is 12.7 Å². The Hall–Kier alpha value is -0.210. The summed E-state index contributed by atoms with van der Waals surface area (Å²) >= 11 is 0. The summed E-state index contributed by atoms with van der Waals surface area (Å²) in [6, 6.07) is 0.784. The van der Waals surface area contributed by atoms with Gasteiger partial charge in [-0.2, -0.15) is 0 Å². The van der Waals surface area contributed by atoms with Gasteiger partial charge < -0.3 is 9.84 Å². The largest absolute Gasteiger partial charge is 0.393 e. The molecule has 6 nitrogen and oxygen atoms in total. The van der Waals surface area contributed by atoms with E-state index < -0.39 is 10.0 Å². The first-order valence-corrected chi connectivity index (χ1v) is 16.8. The number of nitrogens with zero attached hydrogens (tertiary/aromatic N) is 2. The number of fused-ring (bicyclic) bond motifs is 1. The summed E-state index contributed by atoms with van der Waals surface area (Å²) in [6.45, 7) is 5.39. The topological polar surface area (TPSA) is 70.1 Å². The van der Waals surface area contributed by atoms with Crippen LogP contribution in [0.2, 0.25) is 0 Å². The second-order valence-electron chi connectivity index (χ2n) is 13.1. The second-order valence-corrected chi connectivity index (χ2v) is 15.2. The highest BCUT2D eigenvalue weighted by Gasteiger charge is 2.53. The van der Waals surface area contributed by atoms with E-state index in [1.54, 1.807) is 0 Å². The Morgan fingerprint density at radius 2 is 1.56 bits per heavy atom. The molecule has 3 aliphatic carbocycles. The molecule has 0 amide bonds. The summed E-state index contributed by atoms with van der Waals surface area (Å²) in [5.74, 6) is 2.98. The molecule has 7 heteroatoms. The molecule has 0 aromatic rings. The number of aliphatic hydroxyl groups excluding tert-OH is 1. The smallest absolute Gasteiger partial charge is 0.217 e. The van der Waals surface area contributed by atoms with Crippen LogP contribution in [0.15, 0.2) is 0 Å². The van der Waals surface area contributed by atoms with Crippen LogP contribution < -0.4 is 0 Å². The van der Waals surface area contributed by atoms with E-state index in [0.717, 1.165) is 64.0 Å². The van der Waals surface area contributed by atoms with E-state index in [0.29, 0.717) is 42.9 Å². The average Bonchev–Trinajstić information content (AvgIpc) is 2.85. The zero-order chi connectivity index (χ0) is 25.3. The molecule has 1 N–H and O–H groups in total. The number of hydrogen-bond acceptors (Lipinski definition) is 5. The summed E-state index contributed by atoms with van der Waals surface area (Å²) in [6.07, 6.45) is 15.6. The van der Waals surface area contributed by atoms with Gasteiger partial charge in [0.05, 0.1) is 18.0 Å². The van der Waals surface area contributed by atoms with E-state index in [9.17, 15) is 13.5 Å². The van der Waals surface area contributed by atoms with Crippen LogP contribution in [0.25, 0.3) is 0 Å². The normalized spacial score (nSPS) is 43.7. The third-order valence-electron chi connectivity index (χ3n) is 11.0. The lowest BCUT2D eigenvalue weighted by Gasteiger charge is -2.60. The van der Waals surface area contributed by atoms with Crippen molar-refractivity contribution in [2.75, 3.05) is 33.4 Å². The molecule has 0 radical (unpaired) electrons. The number of hydrogen-bond donors (Lipinski definition) is 1. The lowest BCUT2D eigenvalue weighted by Crippen LogP contribution is -2.71. The molecule has 208 valence electrons. The van der Waals surface area contributed by atoms with E-state index >= 15 is 0 Å². The van der Waals surface area contributed by atoms with Gasteiger partial charge in [0.2, 0.25) is 10.0 Å². The Balaban J connectivity index is 1.28. The van der Waals surface area contributed by atoms with Crippen LogP contribution in [0.5, 0.6) is 0 Å². The highest BCUT2D eigenvalue weighted by molar-refractivity contribution is 7.89. The Morgan fingerprint density at radius 1 is 0.833 bits per heavy atom. The fourth-order valence-corrected chi connectivity index (χ4v) is 11.4. The fourth-order valence-electron chi connectivity index (χ4n) is 9.07. The molecule has 0 bridgehead atoms. The minimum Gasteiger partial charge on any atom is -0.393 e. The van der Waals surface area contributed by atoms with Crippen molar-refractivity contribution in [3.05, 3.63) is 0 Å². The predicted molar refractivity (Wildman–Crippen MR) is 144 cm³/mol. The SMILES string of the molecule is COC[C@@H]1[C@@H](C2CCC(C3CCCC(O)C3)CC2)C2CN(S(=O)(=O)C3CCCCC3C)CCCCN21. The molecule has 3 saturated carbocycles. The van der Waals surface area contributed by atoms with Crippen molar-refractivity contribution >= 4 is 10.0 Å². The molecule has 36 heavy (non-hydrogen) atoms. The van der Waals surface area contributed by atoms with Crippen molar-refractivity contribution in [3.8, 4) is 0 Å². The quantitative estimate of drug-likeness (QED) is 0.547. The predicted octanol–water partition coefficient (Wildman–Crippen LogP) is 4.66. The molecular weight excluding hydrogens is 472 g/mol. The zero-order valence-corrected chi connectivity index (χ0v) is 23.7. The van der Waals surface area contributed by atoms with Gasteiger partial charge in [-0.05, 0) is 107 Å². The molecule has 5 fully saturated rings. The lowest BCUT2D eigenvalue weighted by molar-refractivity contribution is -0.128. The van der Waals surface area contributed by atoms with Gasteiger partial charge in [-0.15, -0.1) is 0 Å². The summed E-state index contributed by atoms with van der Waals surface area (Å²) < 4.78 is 35.4. The molecular formula is C29H52N2O4S. The Bertz CT molecular complexity index is 814. The minimum absolute atomic E-state index is 0.0810. The number of aliphatic hydroxyl groups is 1. The maximum Gasteiger partial charge on any atom is 0.217 e. The second kappa shape index (κ2) is 11.9. The number of ether oxygens (including phenoxy) is 1. The highest BCUT2D eigenvalue weighted by Crippen LogP contribution is 2.48. The zero-order valence-electron chi connectivity index (χ0n) is 22.9. The van der Waals surface area contributed by atoms with Crippen LogP contribution in [0.3, 0.4) is 0 Å². The highest BCUT2D eigenvalue weighted by atomic mass is 32.2. The summed E-state index contributed by atoms with van der Waals surface area (Å²) in [5.41, 5.74) is 0. The van der Waals surface area contributed by atoms with Crippen molar-refractivity contribution in [2.45, 2.75) is 120 Å². The summed E-state index contributed by atoms with van der Waals surface area (Å²) in [5, 5.41) is 10.0. The minimum atomic E-state index is -3.26. The molecule has 0 aromatic heterocycles. The monoisotopic (exact) mass is 524 g/mol. The van der Waals surface area contributed by atoms with E-state index in [-0.39, 0.29) is 17.3 Å². The van der Waals surface area contributed by atoms with Gasteiger partial charge >= 0.3 is 0 Å². The standard InChI is InChI=1S/C29H52N2O4S/c1-21-8-3-4-11-28(21)36(33,34)30-16-5-6-17-31-26(19-30)29(27(31)20-35-2)23-14-12-22(13-15-23)24-9-7-10-25(32)18-24/h21-29,32H,3-20H2,1-2H3/t21?,22?,23?,24?,25?,26?,27-,28?,29+/m1/s1. The maximum absolute atomic E-state index is 13.9. The fraction of sp³-hybridized carbons (Fsp3) is 1.00. The van der Waals surface area contributed by atoms with Crippen molar-refractivity contribution in [1.29, 1.82) is 0 Å². The molecule has 2 aliphatic heterocycles. The van der Waals surface area contributed by atoms with Gasteiger partial charge in [0, 0.05) is 32.3 Å². The molecule has 7 atom stereocenters. The van der Waals surface area contributed by atoms with E-state index in [1.807, 2.05) is 11.4 Å². The van der Waals surface area contributed by atoms with Crippen LogP contribution in [0.1, 0.15) is 96.8 Å². The van der Waals surface area contributed by atoms with Crippen LogP contribution >= 0.6 is 0 Å². The molecule has 5 aliphatic rings. The Labute approximate surface area is 220 Å². The Morgan fingerprint density at radius 3 is 2.28 bits per heavy atom. The van der Waals surface area contributed by atoms with Crippen molar-refractivity contribution < 1.29 is 18.3 Å². The van der Waals surface area contributed by atoms with Gasteiger partial charge in [-0.3, -0.25) is 4.90 Å². The lowest BCUT2D eigenvalue weighted by atomic mass is 9.63. The van der Waals surface area contributed by atoms with E-state index in [2.05, 4.69) is 11.8 Å². The van der Waals surface area contributed by atoms with E-state index in [1.165, 1.54) is 44.9 Å². The van der Waals surface area contributed by atoms with Gasteiger partial charge in [0.25, 0.3) is 0 Å². The van der Waals surface area contributed by atoms with Crippen LogP contribution in [-0.4, -0.2) is 79.5 Å². The molecule has 5 rings (SSSR count). The third kappa shape index (κ3) is 5.57. The van der Waals surface area contributed by atoms with Gasteiger partial charge in [0.15, 0.2) is 0 Å². The van der Waals surface area contributed by atoms with Crippen LogP contribution in [0.4, 0.5) is 0 Å². The summed E-state index contributed by atoms with van der Waals surface area (Å²) in [7, 11) is -1.44. The average molecular weight is 525 g/mol. The van der Waals surface area contributed by atoms with Crippen LogP contribution in [0, 0.1) is 29.6 Å². The van der Waals surface area contributed by atoms with Crippen molar-refractivity contribution in [1.82, 2.24) is 9.21 Å².